The fourth-order valence-corrected chi connectivity index (χ4v) is 3.66. The first-order valence-corrected chi connectivity index (χ1v) is 9.47. The number of likely N-dealkylation sites (tertiary alicyclic amines) is 1. The van der Waals surface area contributed by atoms with Crippen LogP contribution in [0.3, 0.4) is 0 Å². The molecule has 3 rings (SSSR count). The van der Waals surface area contributed by atoms with E-state index >= 15 is 0 Å². The number of hydrogen-bond donors (Lipinski definition) is 1. The molecule has 0 saturated carbocycles. The Balaban J connectivity index is 1.64. The number of nitrogens with zero attached hydrogens (tertiary/aromatic N) is 2. The molecular weight excluding hydrogens is 322 g/mol. The van der Waals surface area contributed by atoms with Crippen LogP contribution in [-0.4, -0.2) is 48.9 Å². The summed E-state index contributed by atoms with van der Waals surface area (Å²) < 4.78 is 0. The Morgan fingerprint density at radius 1 is 1.04 bits per heavy atom. The Morgan fingerprint density at radius 3 is 2.15 bits per heavy atom. The molecule has 0 radical (unpaired) electrons. The monoisotopic (exact) mass is 351 g/mol. The molecule has 138 valence electrons. The smallest absolute Gasteiger partial charge is 0.236 e. The van der Waals surface area contributed by atoms with E-state index in [1.165, 1.54) is 11.1 Å². The fourth-order valence-electron chi connectivity index (χ4n) is 3.66. The van der Waals surface area contributed by atoms with Gasteiger partial charge in [0.2, 0.25) is 5.91 Å². The van der Waals surface area contributed by atoms with Crippen molar-refractivity contribution in [2.75, 3.05) is 33.2 Å². The lowest BCUT2D eigenvalue weighted by molar-refractivity contribution is -0.131. The second-order valence-corrected chi connectivity index (χ2v) is 7.17. The van der Waals surface area contributed by atoms with E-state index in [9.17, 15) is 4.79 Å². The van der Waals surface area contributed by atoms with Gasteiger partial charge in [0.25, 0.3) is 0 Å². The highest BCUT2D eigenvalue weighted by molar-refractivity contribution is 5.78. The number of benzene rings is 2. The maximum Gasteiger partial charge on any atom is 0.236 e. The molecule has 1 atom stereocenters. The van der Waals surface area contributed by atoms with Gasteiger partial charge in [-0.2, -0.15) is 0 Å². The highest BCUT2D eigenvalue weighted by Gasteiger charge is 2.26. The minimum atomic E-state index is 0.246. The molecule has 1 heterocycles. The molecule has 2 aromatic carbocycles. The summed E-state index contributed by atoms with van der Waals surface area (Å²) in [7, 11) is 1.98. The zero-order chi connectivity index (χ0) is 18.2. The summed E-state index contributed by atoms with van der Waals surface area (Å²) in [5, 5.41) is 3.23. The average molecular weight is 351 g/mol. The second-order valence-electron chi connectivity index (χ2n) is 7.17. The molecule has 2 aromatic rings. The third-order valence-corrected chi connectivity index (χ3v) is 4.99. The number of amides is 1. The summed E-state index contributed by atoms with van der Waals surface area (Å²) in [6.45, 7) is 4.79. The zero-order valence-electron chi connectivity index (χ0n) is 15.6. The van der Waals surface area contributed by atoms with Crippen LogP contribution in [-0.2, 0) is 17.9 Å². The summed E-state index contributed by atoms with van der Waals surface area (Å²) in [6.07, 6.45) is 1.10. The van der Waals surface area contributed by atoms with Crippen molar-refractivity contribution in [3.05, 3.63) is 71.8 Å². The maximum absolute atomic E-state index is 12.8. The summed E-state index contributed by atoms with van der Waals surface area (Å²) in [4.78, 5) is 17.1. The Morgan fingerprint density at radius 2 is 1.62 bits per heavy atom. The first kappa shape index (κ1) is 18.6. The van der Waals surface area contributed by atoms with Crippen LogP contribution >= 0.6 is 0 Å². The van der Waals surface area contributed by atoms with Gasteiger partial charge in [-0.3, -0.25) is 9.69 Å². The van der Waals surface area contributed by atoms with E-state index in [4.69, 9.17) is 0 Å². The van der Waals surface area contributed by atoms with Crippen LogP contribution in [0.4, 0.5) is 0 Å². The molecule has 4 heteroatoms. The molecule has 0 spiro atoms. The van der Waals surface area contributed by atoms with Crippen molar-refractivity contribution < 1.29 is 4.79 Å². The van der Waals surface area contributed by atoms with Crippen LogP contribution in [0.25, 0.3) is 0 Å². The lowest BCUT2D eigenvalue weighted by Crippen LogP contribution is -2.39. The summed E-state index contributed by atoms with van der Waals surface area (Å²) >= 11 is 0. The van der Waals surface area contributed by atoms with Crippen LogP contribution in [0.2, 0.25) is 0 Å². The van der Waals surface area contributed by atoms with Crippen molar-refractivity contribution in [3.8, 4) is 0 Å². The molecule has 1 fully saturated rings. The predicted octanol–water partition coefficient (Wildman–Crippen LogP) is 2.76. The van der Waals surface area contributed by atoms with Gasteiger partial charge in [0.05, 0.1) is 6.54 Å². The molecule has 0 aliphatic carbocycles. The van der Waals surface area contributed by atoms with Gasteiger partial charge in [-0.05, 0) is 37.1 Å². The third-order valence-electron chi connectivity index (χ3n) is 4.99. The average Bonchev–Trinajstić information content (AvgIpc) is 3.12. The lowest BCUT2D eigenvalue weighted by atomic mass is 10.1. The predicted molar refractivity (Wildman–Crippen MR) is 106 cm³/mol. The van der Waals surface area contributed by atoms with Gasteiger partial charge < -0.3 is 10.2 Å². The molecule has 1 amide bonds. The quantitative estimate of drug-likeness (QED) is 0.794. The third kappa shape index (κ3) is 5.41. The summed E-state index contributed by atoms with van der Waals surface area (Å²) in [6, 6.07) is 20.8. The summed E-state index contributed by atoms with van der Waals surface area (Å²) in [5.41, 5.74) is 2.48. The van der Waals surface area contributed by atoms with Gasteiger partial charge in [-0.1, -0.05) is 60.7 Å². The molecule has 26 heavy (non-hydrogen) atoms. The van der Waals surface area contributed by atoms with Gasteiger partial charge in [-0.15, -0.1) is 0 Å². The highest BCUT2D eigenvalue weighted by Crippen LogP contribution is 2.17. The molecule has 0 aromatic heterocycles. The number of carbonyl (C=O) groups excluding carboxylic acids is 1. The topological polar surface area (TPSA) is 35.6 Å². The lowest BCUT2D eigenvalue weighted by Gasteiger charge is -2.25. The van der Waals surface area contributed by atoms with Crippen LogP contribution in [0.15, 0.2) is 60.7 Å². The van der Waals surface area contributed by atoms with Crippen LogP contribution in [0.5, 0.6) is 0 Å². The van der Waals surface area contributed by atoms with Crippen molar-refractivity contribution in [1.29, 1.82) is 0 Å². The minimum absolute atomic E-state index is 0.246. The van der Waals surface area contributed by atoms with E-state index in [0.717, 1.165) is 39.1 Å². The van der Waals surface area contributed by atoms with Crippen molar-refractivity contribution >= 4 is 5.91 Å². The van der Waals surface area contributed by atoms with E-state index < -0.39 is 0 Å². The molecule has 1 aliphatic rings. The van der Waals surface area contributed by atoms with Crippen LogP contribution in [0, 0.1) is 5.92 Å². The van der Waals surface area contributed by atoms with E-state index in [-0.39, 0.29) is 5.91 Å². The molecular formula is C22H29N3O. The molecule has 0 bridgehead atoms. The standard InChI is InChI=1S/C22H29N3O/c1-23-14-21-12-13-25(17-21)22(26)18-24(15-19-8-4-2-5-9-19)16-20-10-6-3-7-11-20/h2-11,21,23H,12-18H2,1H3. The van der Waals surface area contributed by atoms with E-state index in [1.54, 1.807) is 0 Å². The normalized spacial score (nSPS) is 17.0. The Bertz CT molecular complexity index is 633. The number of hydrogen-bond acceptors (Lipinski definition) is 3. The van der Waals surface area contributed by atoms with Gasteiger partial charge in [-0.25, -0.2) is 0 Å². The fraction of sp³-hybridized carbons (Fsp3) is 0.409. The van der Waals surface area contributed by atoms with Crippen LogP contribution in [0.1, 0.15) is 17.5 Å². The Kier molecular flexibility index (Phi) is 6.81. The highest BCUT2D eigenvalue weighted by atomic mass is 16.2. The maximum atomic E-state index is 12.8. The first-order chi connectivity index (χ1) is 12.7. The van der Waals surface area contributed by atoms with Gasteiger partial charge >= 0.3 is 0 Å². The Hall–Kier alpha value is -2.17. The van der Waals surface area contributed by atoms with Gasteiger partial charge in [0.1, 0.15) is 0 Å². The second kappa shape index (κ2) is 9.51. The van der Waals surface area contributed by atoms with E-state index in [1.807, 2.05) is 24.1 Å². The number of carbonyl (C=O) groups is 1. The van der Waals surface area contributed by atoms with Crippen molar-refractivity contribution in [3.63, 3.8) is 0 Å². The summed E-state index contributed by atoms with van der Waals surface area (Å²) in [5.74, 6) is 0.830. The molecule has 1 unspecified atom stereocenters. The van der Waals surface area contributed by atoms with E-state index in [0.29, 0.717) is 12.5 Å². The molecule has 1 aliphatic heterocycles. The van der Waals surface area contributed by atoms with Gasteiger partial charge in [0, 0.05) is 26.2 Å². The van der Waals surface area contributed by atoms with E-state index in [2.05, 4.69) is 58.7 Å². The molecule has 1 saturated heterocycles. The zero-order valence-corrected chi connectivity index (χ0v) is 15.6. The van der Waals surface area contributed by atoms with Crippen molar-refractivity contribution in [2.45, 2.75) is 19.5 Å². The van der Waals surface area contributed by atoms with Crippen molar-refractivity contribution in [1.82, 2.24) is 15.1 Å². The first-order valence-electron chi connectivity index (χ1n) is 9.47. The van der Waals surface area contributed by atoms with Gasteiger partial charge in [0.15, 0.2) is 0 Å². The molecule has 1 N–H and O–H groups in total. The minimum Gasteiger partial charge on any atom is -0.341 e. The molecule has 4 nitrogen and oxygen atoms in total. The SMILES string of the molecule is CNCC1CCN(C(=O)CN(Cc2ccccc2)Cc2ccccc2)C1. The Labute approximate surface area is 156 Å². The number of rotatable bonds is 8. The van der Waals surface area contributed by atoms with Crippen LogP contribution < -0.4 is 5.32 Å². The largest absolute Gasteiger partial charge is 0.341 e. The van der Waals surface area contributed by atoms with Crippen molar-refractivity contribution in [2.24, 2.45) is 5.92 Å². The number of nitrogens with one attached hydrogen (secondary N) is 1.